The number of cyclic esters (lactones) is 1. The molecule has 402 valence electrons. The summed E-state index contributed by atoms with van der Waals surface area (Å²) < 4.78 is 51.6. The molecule has 18 heteroatoms. The number of hydrogen-bond donors (Lipinski definition) is 2. The van der Waals surface area contributed by atoms with E-state index in [4.69, 9.17) is 9.72 Å². The first kappa shape index (κ1) is 50.9. The number of rotatable bonds is 10. The zero-order valence-electron chi connectivity index (χ0n) is 43.8. The summed E-state index contributed by atoms with van der Waals surface area (Å²) in [5.41, 5.74) is 6.51. The molecule has 12 rings (SSSR count). The number of nitrogens with one attached hydrogen (secondary N) is 2. The number of amides is 3. The molecule has 7 atom stereocenters. The molecular formula is C57H72F3N9O5S. The van der Waals surface area contributed by atoms with E-state index < -0.39 is 42.2 Å². The Balaban J connectivity index is 0.855. The number of ether oxygens (including phenoxy) is 1. The van der Waals surface area contributed by atoms with Gasteiger partial charge in [0.2, 0.25) is 11.8 Å². The number of esters is 1. The largest absolute Gasteiger partial charge is 0.464 e. The van der Waals surface area contributed by atoms with Gasteiger partial charge in [-0.05, 0) is 125 Å². The lowest BCUT2D eigenvalue weighted by atomic mass is 9.84. The molecular weight excluding hydrogens is 980 g/mol. The zero-order valence-corrected chi connectivity index (χ0v) is 44.6. The number of halogens is 3. The van der Waals surface area contributed by atoms with Gasteiger partial charge >= 0.3 is 12.1 Å². The molecule has 4 saturated heterocycles. The first-order valence-corrected chi connectivity index (χ1v) is 28.8. The first-order chi connectivity index (χ1) is 35.9. The van der Waals surface area contributed by atoms with E-state index in [2.05, 4.69) is 30.4 Å². The van der Waals surface area contributed by atoms with Crippen molar-refractivity contribution < 1.29 is 37.1 Å². The van der Waals surface area contributed by atoms with Gasteiger partial charge in [-0.15, -0.1) is 11.3 Å². The Hall–Kier alpha value is -4.91. The van der Waals surface area contributed by atoms with Crippen molar-refractivity contribution in [2.45, 2.75) is 172 Å². The summed E-state index contributed by atoms with van der Waals surface area (Å²) in [6, 6.07) is 7.81. The molecule has 4 aromatic rings. The lowest BCUT2D eigenvalue weighted by Crippen LogP contribution is -2.62. The molecule has 14 nitrogen and oxygen atoms in total. The summed E-state index contributed by atoms with van der Waals surface area (Å²) in [7, 11) is 0. The van der Waals surface area contributed by atoms with Gasteiger partial charge in [-0.25, -0.2) is 10.4 Å². The number of hydrazine groups is 1. The van der Waals surface area contributed by atoms with E-state index in [0.717, 1.165) is 64.7 Å². The molecule has 0 radical (unpaired) electrons. The minimum absolute atomic E-state index is 0.0314. The number of carbonyl (C=O) groups is 4. The average Bonchev–Trinajstić information content (AvgIpc) is 4.41. The van der Waals surface area contributed by atoms with Gasteiger partial charge in [-0.1, -0.05) is 46.6 Å². The van der Waals surface area contributed by atoms with Crippen LogP contribution in [0.4, 0.5) is 13.2 Å². The predicted molar refractivity (Wildman–Crippen MR) is 279 cm³/mol. The van der Waals surface area contributed by atoms with Gasteiger partial charge in [0.25, 0.3) is 5.91 Å². The number of aromatic nitrogens is 3. The van der Waals surface area contributed by atoms with Crippen LogP contribution in [0.5, 0.6) is 0 Å². The van der Waals surface area contributed by atoms with Crippen LogP contribution in [0.1, 0.15) is 127 Å². The summed E-state index contributed by atoms with van der Waals surface area (Å²) in [4.78, 5) is 75.1. The van der Waals surface area contributed by atoms with Gasteiger partial charge in [0.1, 0.15) is 24.7 Å². The van der Waals surface area contributed by atoms with Gasteiger partial charge < -0.3 is 19.5 Å². The van der Waals surface area contributed by atoms with Crippen molar-refractivity contribution in [1.82, 2.24) is 45.0 Å². The Morgan fingerprint density at radius 2 is 1.76 bits per heavy atom. The van der Waals surface area contributed by atoms with Crippen LogP contribution in [0.2, 0.25) is 0 Å². The number of carbonyl (C=O) groups excluding carboxylic acids is 4. The number of nitrogens with zero attached hydrogens (tertiary/aromatic N) is 7. The molecule has 1 aromatic carbocycles. The fraction of sp³-hybridized carbons (Fsp3) is 0.649. The van der Waals surface area contributed by atoms with E-state index in [1.807, 2.05) is 45.2 Å². The summed E-state index contributed by atoms with van der Waals surface area (Å²) in [6.45, 7) is 9.88. The SMILES string of the molecule is CC(C)c1ncccc1-c1c2c3cc(ccc3n1CC(F)(F)F)-c1csc(n1)C[C@H](NC(=O)[C@H](C1CCCC1)N1CC[C@]3(CCN(C(=O)[C@H]4[C@@H](C5CC5)N4C4CC4)C3)C1)C(=O)N1CCC[C@H](N1)C(=O)OCC(C)(C)C2. The fourth-order valence-electron chi connectivity index (χ4n) is 14.0. The minimum atomic E-state index is -4.54. The fourth-order valence-corrected chi connectivity index (χ4v) is 14.8. The van der Waals surface area contributed by atoms with Crippen LogP contribution in [0.3, 0.4) is 0 Å². The second-order valence-corrected chi connectivity index (χ2v) is 25.6. The molecule has 75 heavy (non-hydrogen) atoms. The Bertz CT molecular complexity index is 2850. The topological polar surface area (TPSA) is 145 Å². The van der Waals surface area contributed by atoms with E-state index in [1.54, 1.807) is 24.4 Å². The third kappa shape index (κ3) is 10.1. The maximum Gasteiger partial charge on any atom is 0.406 e. The second-order valence-electron chi connectivity index (χ2n) is 24.7. The van der Waals surface area contributed by atoms with Crippen molar-refractivity contribution in [1.29, 1.82) is 0 Å². The minimum Gasteiger partial charge on any atom is -0.464 e. The van der Waals surface area contributed by atoms with Crippen molar-refractivity contribution in [2.75, 3.05) is 39.3 Å². The molecule has 3 aromatic heterocycles. The summed E-state index contributed by atoms with van der Waals surface area (Å²) in [5.74, 6) is -0.0566. The standard InChI is InChI=1S/C57H72F3N9O5S/c1-33(2)46-38(11-7-21-61-46)49-40-27-55(3,4)32-74-54(73)41-12-8-22-68(64-41)52(71)42(26-45-62-43(28-75-45)36-15-18-44(39(40)25-36)67(49)31-57(58,59)60)63-51(70)48(34-9-5-6-10-34)65-23-19-56(29-65)20-24-66(30-56)53(72)50-47(35-13-14-35)69(50)37-16-17-37/h7,11,15,18,21,25,28,33-35,37,41-42,47-48,50,64H,5-6,8-10,12-14,16-17,19-20,22-24,26-27,29-32H2,1-4H3,(H,63,70)/t41-,42-,47+,48-,50+,56-,69?/m0/s1. The van der Waals surface area contributed by atoms with E-state index in [9.17, 15) is 27.6 Å². The number of pyridine rings is 1. The number of likely N-dealkylation sites (tertiary alicyclic amines) is 2. The summed E-state index contributed by atoms with van der Waals surface area (Å²) in [5, 5.41) is 7.90. The Morgan fingerprint density at radius 1 is 0.973 bits per heavy atom. The van der Waals surface area contributed by atoms with E-state index in [0.29, 0.717) is 93.0 Å². The van der Waals surface area contributed by atoms with Crippen LogP contribution in [0.25, 0.3) is 33.4 Å². The Morgan fingerprint density at radius 3 is 2.51 bits per heavy atom. The van der Waals surface area contributed by atoms with Crippen molar-refractivity contribution in [3.05, 3.63) is 58.2 Å². The quantitative estimate of drug-likeness (QED) is 0.118. The van der Waals surface area contributed by atoms with E-state index in [-0.39, 0.29) is 54.6 Å². The second kappa shape index (κ2) is 19.5. The predicted octanol–water partition coefficient (Wildman–Crippen LogP) is 8.27. The monoisotopic (exact) mass is 1050 g/mol. The average molecular weight is 1050 g/mol. The maximum atomic E-state index is 15.2. The number of thiazole rings is 1. The smallest absolute Gasteiger partial charge is 0.406 e. The Kier molecular flexibility index (Phi) is 13.2. The van der Waals surface area contributed by atoms with Crippen LogP contribution in [-0.4, -0.2) is 140 Å². The molecule has 6 bridgehead atoms. The molecule has 1 spiro atoms. The van der Waals surface area contributed by atoms with Crippen LogP contribution in [0, 0.1) is 22.7 Å². The molecule has 1 unspecified atom stereocenters. The summed E-state index contributed by atoms with van der Waals surface area (Å²) >= 11 is 1.37. The van der Waals surface area contributed by atoms with Gasteiger partial charge in [-0.3, -0.25) is 39.0 Å². The zero-order chi connectivity index (χ0) is 52.1. The van der Waals surface area contributed by atoms with Crippen molar-refractivity contribution in [3.63, 3.8) is 0 Å². The molecule has 7 fully saturated rings. The van der Waals surface area contributed by atoms with Crippen LogP contribution in [0.15, 0.2) is 41.9 Å². The highest BCUT2D eigenvalue weighted by atomic mass is 32.1. The number of fused-ring (bicyclic) bond motifs is 6. The third-order valence-corrected chi connectivity index (χ3v) is 18.8. The van der Waals surface area contributed by atoms with Gasteiger partial charge in [0.05, 0.1) is 34.7 Å². The van der Waals surface area contributed by atoms with E-state index in [1.165, 1.54) is 46.6 Å². The van der Waals surface area contributed by atoms with Crippen molar-refractivity contribution in [2.24, 2.45) is 22.7 Å². The molecule has 2 N–H and O–H groups in total. The molecule has 3 aliphatic carbocycles. The number of hydrogen-bond acceptors (Lipinski definition) is 11. The van der Waals surface area contributed by atoms with Gasteiger partial charge in [0, 0.05) is 89.1 Å². The molecule has 8 aliphatic rings. The highest BCUT2D eigenvalue weighted by Crippen LogP contribution is 2.54. The van der Waals surface area contributed by atoms with E-state index >= 15 is 4.79 Å². The third-order valence-electron chi connectivity index (χ3n) is 17.9. The van der Waals surface area contributed by atoms with Crippen LogP contribution >= 0.6 is 11.3 Å². The van der Waals surface area contributed by atoms with Crippen molar-refractivity contribution in [3.8, 4) is 22.5 Å². The van der Waals surface area contributed by atoms with Crippen LogP contribution in [-0.2, 0) is 43.3 Å². The number of alkyl halides is 3. The first-order valence-electron chi connectivity index (χ1n) is 27.9. The van der Waals surface area contributed by atoms with Crippen molar-refractivity contribution >= 4 is 45.9 Å². The molecule has 5 aliphatic heterocycles. The number of benzene rings is 1. The Labute approximate surface area is 441 Å². The highest BCUT2D eigenvalue weighted by molar-refractivity contribution is 7.10. The van der Waals surface area contributed by atoms with Gasteiger partial charge in [0.15, 0.2) is 0 Å². The molecule has 3 amide bonds. The maximum absolute atomic E-state index is 15.2. The van der Waals surface area contributed by atoms with Gasteiger partial charge in [-0.2, -0.15) is 13.2 Å². The molecule has 8 heterocycles. The lowest BCUT2D eigenvalue weighted by Gasteiger charge is -2.37. The highest BCUT2D eigenvalue weighted by Gasteiger charge is 2.64. The molecule has 3 saturated carbocycles. The lowest BCUT2D eigenvalue weighted by molar-refractivity contribution is -0.155. The normalized spacial score (nSPS) is 29.1. The summed E-state index contributed by atoms with van der Waals surface area (Å²) in [6.07, 6.45) is 9.09. The van der Waals surface area contributed by atoms with Crippen LogP contribution < -0.4 is 10.7 Å².